The van der Waals surface area contributed by atoms with Gasteiger partial charge in [-0.1, -0.05) is 30.3 Å². The Bertz CT molecular complexity index is 1340. The van der Waals surface area contributed by atoms with Gasteiger partial charge in [-0.3, -0.25) is 10.7 Å². The van der Waals surface area contributed by atoms with Gasteiger partial charge in [-0.05, 0) is 37.5 Å². The number of anilines is 1. The van der Waals surface area contributed by atoms with Gasteiger partial charge in [0.1, 0.15) is 5.69 Å². The lowest BCUT2D eigenvalue weighted by Crippen LogP contribution is -2.30. The van der Waals surface area contributed by atoms with Gasteiger partial charge in [-0.2, -0.15) is 4.68 Å². The molecule has 1 aliphatic rings. The molecule has 0 radical (unpaired) electrons. The first kappa shape index (κ1) is 20.3. The molecule has 0 unspecified atom stereocenters. The van der Waals surface area contributed by atoms with Crippen LogP contribution in [0.15, 0.2) is 47.3 Å². The van der Waals surface area contributed by atoms with Crippen LogP contribution in [0.25, 0.3) is 28.0 Å². The second kappa shape index (κ2) is 8.18. The number of aromatic amines is 1. The van der Waals surface area contributed by atoms with Gasteiger partial charge in [0.25, 0.3) is 0 Å². The summed E-state index contributed by atoms with van der Waals surface area (Å²) in [5.41, 5.74) is 10.9. The fraction of sp³-hybridized carbons (Fsp3) is 0.304. The van der Waals surface area contributed by atoms with E-state index in [0.29, 0.717) is 30.1 Å². The lowest BCUT2D eigenvalue weighted by atomic mass is 9.99. The van der Waals surface area contributed by atoms with Crippen LogP contribution in [0, 0.1) is 6.92 Å². The average Bonchev–Trinajstić information content (AvgIpc) is 3.42. The fourth-order valence-electron chi connectivity index (χ4n) is 4.30. The molecule has 4 aromatic rings. The Labute approximate surface area is 184 Å². The van der Waals surface area contributed by atoms with E-state index >= 15 is 0 Å². The van der Waals surface area contributed by atoms with Crippen LogP contribution in [-0.2, 0) is 17.9 Å². The number of aryl methyl sites for hydroxylation is 1. The van der Waals surface area contributed by atoms with E-state index < -0.39 is 0 Å². The molecule has 3 aromatic heterocycles. The lowest BCUT2D eigenvalue weighted by molar-refractivity contribution is -0.351. The number of aromatic nitrogens is 5. The van der Waals surface area contributed by atoms with E-state index in [1.54, 1.807) is 0 Å². The zero-order chi connectivity index (χ0) is 22.2. The Balaban J connectivity index is 1.81. The standard InChI is InChI=1S/C23H24N6O3/c1-14-10-16(11-17(13-30)25-14)19-20(15-6-3-2-4-7-15)26-22(24)29-21(19)27-28(23(29)31)12-18-8-5-9-32-18/h2-4,6-7,10-11,18,30H,5,8-9,12-13H2,1H3,(H2,24,26)/p+1/t18-/m0/s1. The normalized spacial score (nSPS) is 16.1. The predicted octanol–water partition coefficient (Wildman–Crippen LogP) is 1.60. The maximum atomic E-state index is 13.2. The fourth-order valence-corrected chi connectivity index (χ4v) is 4.30. The van der Waals surface area contributed by atoms with Crippen molar-refractivity contribution in [2.75, 3.05) is 12.3 Å². The summed E-state index contributed by atoms with van der Waals surface area (Å²) < 4.78 is 8.53. The summed E-state index contributed by atoms with van der Waals surface area (Å²) in [4.78, 5) is 20.8. The summed E-state index contributed by atoms with van der Waals surface area (Å²) in [5, 5.41) is 14.4. The van der Waals surface area contributed by atoms with E-state index in [9.17, 15) is 9.90 Å². The molecule has 0 aliphatic carbocycles. The maximum Gasteiger partial charge on any atom is 0.411 e. The number of aliphatic hydroxyl groups excluding tert-OH is 1. The summed E-state index contributed by atoms with van der Waals surface area (Å²) >= 11 is 0. The van der Waals surface area contributed by atoms with Crippen LogP contribution in [-0.4, -0.2) is 37.0 Å². The summed E-state index contributed by atoms with van der Waals surface area (Å²) in [6.45, 7) is 2.75. The minimum atomic E-state index is -0.321. The number of fused-ring (bicyclic) bond motifs is 1. The molecule has 4 heterocycles. The lowest BCUT2D eigenvalue weighted by Gasteiger charge is -2.10. The largest absolute Gasteiger partial charge is 0.411 e. The molecule has 9 nitrogen and oxygen atoms in total. The molecule has 5 rings (SSSR count). The molecule has 9 heteroatoms. The highest BCUT2D eigenvalue weighted by atomic mass is 16.5. The summed E-state index contributed by atoms with van der Waals surface area (Å²) in [7, 11) is 0. The van der Waals surface area contributed by atoms with Gasteiger partial charge in [-0.15, -0.1) is 9.50 Å². The first-order chi connectivity index (χ1) is 15.5. The molecule has 1 saturated heterocycles. The van der Waals surface area contributed by atoms with Crippen molar-refractivity contribution in [3.8, 4) is 22.4 Å². The van der Waals surface area contributed by atoms with E-state index in [2.05, 4.69) is 15.1 Å². The van der Waals surface area contributed by atoms with Crippen molar-refractivity contribution in [1.82, 2.24) is 19.2 Å². The van der Waals surface area contributed by atoms with Crippen LogP contribution in [0.2, 0.25) is 0 Å². The van der Waals surface area contributed by atoms with Crippen molar-refractivity contribution < 1.29 is 14.8 Å². The summed E-state index contributed by atoms with van der Waals surface area (Å²) in [6.07, 6.45) is 1.84. The number of pyridine rings is 1. The minimum Gasteiger partial charge on any atom is -0.390 e. The van der Waals surface area contributed by atoms with Crippen molar-refractivity contribution in [2.45, 2.75) is 39.0 Å². The number of H-pyrrole nitrogens is 1. The Morgan fingerprint density at radius 3 is 2.78 bits per heavy atom. The van der Waals surface area contributed by atoms with E-state index in [1.165, 1.54) is 9.08 Å². The van der Waals surface area contributed by atoms with Crippen LogP contribution in [0.5, 0.6) is 0 Å². The third-order valence-electron chi connectivity index (χ3n) is 5.73. The highest BCUT2D eigenvalue weighted by Gasteiger charge is 2.27. The number of nitrogens with zero attached hydrogens (tertiary/aromatic N) is 4. The molecule has 1 atom stereocenters. The quantitative estimate of drug-likeness (QED) is 0.493. The van der Waals surface area contributed by atoms with Gasteiger partial charge in [0.05, 0.1) is 30.5 Å². The molecule has 0 amide bonds. The van der Waals surface area contributed by atoms with Gasteiger partial charge in [0.2, 0.25) is 5.65 Å². The van der Waals surface area contributed by atoms with Crippen LogP contribution < -0.4 is 16.4 Å². The van der Waals surface area contributed by atoms with Gasteiger partial charge in [0, 0.05) is 17.9 Å². The molecule has 0 spiro atoms. The van der Waals surface area contributed by atoms with E-state index in [1.807, 2.05) is 49.4 Å². The summed E-state index contributed by atoms with van der Waals surface area (Å²) in [6, 6.07) is 13.5. The number of aliphatic hydroxyl groups is 1. The van der Waals surface area contributed by atoms with Crippen molar-refractivity contribution in [2.24, 2.45) is 0 Å². The predicted molar refractivity (Wildman–Crippen MR) is 119 cm³/mol. The van der Waals surface area contributed by atoms with Crippen molar-refractivity contribution in [3.63, 3.8) is 0 Å². The van der Waals surface area contributed by atoms with Crippen LogP contribution in [0.3, 0.4) is 0 Å². The molecule has 4 N–H and O–H groups in total. The molecule has 32 heavy (non-hydrogen) atoms. The number of hydrogen-bond acceptors (Lipinski definition) is 6. The zero-order valence-electron chi connectivity index (χ0n) is 17.8. The number of rotatable bonds is 5. The Morgan fingerprint density at radius 1 is 1.25 bits per heavy atom. The Morgan fingerprint density at radius 2 is 2.06 bits per heavy atom. The highest BCUT2D eigenvalue weighted by Crippen LogP contribution is 2.33. The molecular formula is C23H25N6O3+. The molecule has 0 bridgehead atoms. The number of ether oxygens (including phenoxy) is 1. The van der Waals surface area contributed by atoms with Crippen LogP contribution in [0.1, 0.15) is 24.2 Å². The first-order valence-corrected chi connectivity index (χ1v) is 10.7. The number of nitrogens with two attached hydrogens (primary N) is 1. The van der Waals surface area contributed by atoms with Crippen molar-refractivity contribution in [1.29, 1.82) is 0 Å². The Hall–Kier alpha value is -3.56. The number of benzene rings is 1. The molecule has 1 fully saturated rings. The molecule has 0 saturated carbocycles. The van der Waals surface area contributed by atoms with Crippen molar-refractivity contribution >= 4 is 11.6 Å². The second-order valence-electron chi connectivity index (χ2n) is 8.03. The third-order valence-corrected chi connectivity index (χ3v) is 5.73. The second-order valence-corrected chi connectivity index (χ2v) is 8.03. The highest BCUT2D eigenvalue weighted by molar-refractivity contribution is 5.88. The van der Waals surface area contributed by atoms with Gasteiger partial charge < -0.3 is 9.84 Å². The number of hydrogen-bond donors (Lipinski definition) is 2. The van der Waals surface area contributed by atoms with Crippen LogP contribution in [0.4, 0.5) is 5.95 Å². The maximum absolute atomic E-state index is 13.2. The van der Waals surface area contributed by atoms with E-state index in [4.69, 9.17) is 10.5 Å². The zero-order valence-corrected chi connectivity index (χ0v) is 17.8. The van der Waals surface area contributed by atoms with Gasteiger partial charge in [-0.25, -0.2) is 9.78 Å². The summed E-state index contributed by atoms with van der Waals surface area (Å²) in [5.74, 6) is 0.194. The first-order valence-electron chi connectivity index (χ1n) is 10.7. The van der Waals surface area contributed by atoms with E-state index in [-0.39, 0.29) is 24.3 Å². The number of nitrogens with one attached hydrogen (secondary N) is 1. The molecule has 1 aliphatic heterocycles. The third kappa shape index (κ3) is 3.55. The van der Waals surface area contributed by atoms with Gasteiger partial charge in [0.15, 0.2) is 0 Å². The average molecular weight is 433 g/mol. The monoisotopic (exact) mass is 433 g/mol. The number of nitrogen functional groups attached to an aromatic ring is 1. The van der Waals surface area contributed by atoms with E-state index in [0.717, 1.165) is 35.4 Å². The smallest absolute Gasteiger partial charge is 0.390 e. The van der Waals surface area contributed by atoms with Gasteiger partial charge >= 0.3 is 11.6 Å². The van der Waals surface area contributed by atoms with Crippen molar-refractivity contribution in [3.05, 3.63) is 64.3 Å². The Kier molecular flexibility index (Phi) is 5.20. The molecular weight excluding hydrogens is 408 g/mol. The topological polar surface area (TPSA) is 122 Å². The molecule has 164 valence electrons. The van der Waals surface area contributed by atoms with Crippen LogP contribution >= 0.6 is 0 Å². The SMILES string of the molecule is Cc1cc(-c2c(-c3ccccc3)[nH+]c(N)n3c(=O)n(C[C@@H]4CCCO4)nc23)cc(CO)n1. The molecule has 1 aromatic carbocycles. The minimum absolute atomic E-state index is 0.0379.